The topological polar surface area (TPSA) is 58.9 Å². The van der Waals surface area contributed by atoms with Crippen LogP contribution in [0.2, 0.25) is 0 Å². The van der Waals surface area contributed by atoms with E-state index in [4.69, 9.17) is 12.2 Å². The smallest absolute Gasteiger partial charge is 0.216 e. The number of aromatic amines is 1. The number of H-pyrrole nitrogens is 1. The average Bonchev–Trinajstić information content (AvgIpc) is 2.88. The van der Waals surface area contributed by atoms with Crippen molar-refractivity contribution in [2.45, 2.75) is 6.92 Å². The number of pyridine rings is 1. The Morgan fingerprint density at radius 2 is 1.95 bits per heavy atom. The van der Waals surface area contributed by atoms with E-state index in [1.165, 1.54) is 0 Å². The van der Waals surface area contributed by atoms with E-state index in [9.17, 15) is 0 Å². The van der Waals surface area contributed by atoms with Gasteiger partial charge in [0, 0.05) is 18.0 Å². The standard InChI is InChI=1S/C15H13N5S/c1-11-4-2-3-5-13(11)10-17-20-14(18-19-15(20)21)12-6-8-16-9-7-12/h2-10H,1H3,(H,19,21). The number of nitrogens with zero attached hydrogens (tertiary/aromatic N) is 4. The summed E-state index contributed by atoms with van der Waals surface area (Å²) in [6.45, 7) is 2.04. The van der Waals surface area contributed by atoms with E-state index in [0.29, 0.717) is 10.6 Å². The molecule has 0 aliphatic carbocycles. The van der Waals surface area contributed by atoms with E-state index in [2.05, 4.69) is 20.3 Å². The van der Waals surface area contributed by atoms with Crippen molar-refractivity contribution in [2.75, 3.05) is 0 Å². The Morgan fingerprint density at radius 1 is 1.19 bits per heavy atom. The Hall–Kier alpha value is -2.60. The highest BCUT2D eigenvalue weighted by Crippen LogP contribution is 2.15. The monoisotopic (exact) mass is 295 g/mol. The highest BCUT2D eigenvalue weighted by atomic mass is 32.1. The summed E-state index contributed by atoms with van der Waals surface area (Å²) in [6.07, 6.45) is 5.20. The van der Waals surface area contributed by atoms with Crippen LogP contribution in [0.1, 0.15) is 11.1 Å². The SMILES string of the molecule is Cc1ccccc1C=Nn1c(-c2ccncc2)n[nH]c1=S. The van der Waals surface area contributed by atoms with Crippen LogP contribution in [0.4, 0.5) is 0 Å². The molecule has 3 aromatic rings. The van der Waals surface area contributed by atoms with Crippen LogP contribution in [-0.2, 0) is 0 Å². The minimum absolute atomic E-state index is 0.451. The lowest BCUT2D eigenvalue weighted by molar-refractivity contribution is 0.871. The summed E-state index contributed by atoms with van der Waals surface area (Å²) in [7, 11) is 0. The fourth-order valence-electron chi connectivity index (χ4n) is 1.94. The third kappa shape index (κ3) is 2.80. The van der Waals surface area contributed by atoms with Crippen LogP contribution < -0.4 is 0 Å². The molecular weight excluding hydrogens is 282 g/mol. The van der Waals surface area contributed by atoms with Crippen LogP contribution in [0.5, 0.6) is 0 Å². The molecule has 104 valence electrons. The third-order valence-corrected chi connectivity index (χ3v) is 3.35. The predicted molar refractivity (Wildman–Crippen MR) is 84.8 cm³/mol. The summed E-state index contributed by atoms with van der Waals surface area (Å²) in [5, 5.41) is 11.4. The molecule has 2 heterocycles. The van der Waals surface area contributed by atoms with Gasteiger partial charge in [0.25, 0.3) is 0 Å². The van der Waals surface area contributed by atoms with Crippen LogP contribution in [0, 0.1) is 11.7 Å². The summed E-state index contributed by atoms with van der Waals surface area (Å²) < 4.78 is 2.06. The van der Waals surface area contributed by atoms with Crippen molar-refractivity contribution in [1.29, 1.82) is 0 Å². The van der Waals surface area contributed by atoms with E-state index in [0.717, 1.165) is 16.7 Å². The van der Waals surface area contributed by atoms with Gasteiger partial charge in [0.2, 0.25) is 4.77 Å². The maximum absolute atomic E-state index is 5.24. The van der Waals surface area contributed by atoms with Crippen molar-refractivity contribution in [2.24, 2.45) is 5.10 Å². The van der Waals surface area contributed by atoms with Crippen LogP contribution in [0.3, 0.4) is 0 Å². The first-order valence-electron chi connectivity index (χ1n) is 6.43. The lowest BCUT2D eigenvalue weighted by Crippen LogP contribution is -1.96. The fraction of sp³-hybridized carbons (Fsp3) is 0.0667. The first-order chi connectivity index (χ1) is 10.3. The number of nitrogens with one attached hydrogen (secondary N) is 1. The zero-order valence-corrected chi connectivity index (χ0v) is 12.2. The van der Waals surface area contributed by atoms with Crippen molar-refractivity contribution in [3.8, 4) is 11.4 Å². The van der Waals surface area contributed by atoms with Crippen molar-refractivity contribution >= 4 is 18.4 Å². The average molecular weight is 295 g/mol. The van der Waals surface area contributed by atoms with Crippen molar-refractivity contribution in [1.82, 2.24) is 19.9 Å². The highest BCUT2D eigenvalue weighted by molar-refractivity contribution is 7.71. The second-order valence-electron chi connectivity index (χ2n) is 4.50. The van der Waals surface area contributed by atoms with Gasteiger partial charge >= 0.3 is 0 Å². The molecular formula is C15H13N5S. The molecule has 0 bridgehead atoms. The molecule has 3 rings (SSSR count). The van der Waals surface area contributed by atoms with Gasteiger partial charge in [0.1, 0.15) is 0 Å². The number of aromatic nitrogens is 4. The second kappa shape index (κ2) is 5.80. The van der Waals surface area contributed by atoms with Crippen molar-refractivity contribution < 1.29 is 0 Å². The summed E-state index contributed by atoms with van der Waals surface area (Å²) in [5.41, 5.74) is 3.10. The van der Waals surface area contributed by atoms with Crippen molar-refractivity contribution in [3.63, 3.8) is 0 Å². The molecule has 0 aliphatic heterocycles. The largest absolute Gasteiger partial charge is 0.265 e. The molecule has 0 radical (unpaired) electrons. The van der Waals surface area contributed by atoms with Crippen LogP contribution in [-0.4, -0.2) is 26.1 Å². The summed E-state index contributed by atoms with van der Waals surface area (Å²) in [6, 6.07) is 11.8. The number of rotatable bonds is 3. The molecule has 1 N–H and O–H groups in total. The number of benzene rings is 1. The van der Waals surface area contributed by atoms with E-state index >= 15 is 0 Å². The van der Waals surface area contributed by atoms with Gasteiger partial charge in [-0.2, -0.15) is 14.9 Å². The van der Waals surface area contributed by atoms with Crippen LogP contribution in [0.15, 0.2) is 53.9 Å². The molecule has 0 atom stereocenters. The first-order valence-corrected chi connectivity index (χ1v) is 6.84. The Labute approximate surface area is 127 Å². The minimum Gasteiger partial charge on any atom is -0.265 e. The van der Waals surface area contributed by atoms with Gasteiger partial charge in [0.15, 0.2) is 5.82 Å². The van der Waals surface area contributed by atoms with Gasteiger partial charge in [-0.05, 0) is 42.4 Å². The molecule has 0 saturated carbocycles. The van der Waals surface area contributed by atoms with Gasteiger partial charge in [-0.3, -0.25) is 4.98 Å². The summed E-state index contributed by atoms with van der Waals surface area (Å²) >= 11 is 5.24. The first kappa shape index (κ1) is 13.4. The lowest BCUT2D eigenvalue weighted by atomic mass is 10.1. The Balaban J connectivity index is 2.02. The quantitative estimate of drug-likeness (QED) is 0.596. The maximum Gasteiger partial charge on any atom is 0.216 e. The molecule has 0 amide bonds. The van der Waals surface area contributed by atoms with E-state index in [-0.39, 0.29) is 0 Å². The number of hydrogen-bond acceptors (Lipinski definition) is 4. The van der Waals surface area contributed by atoms with Gasteiger partial charge in [-0.1, -0.05) is 24.3 Å². The fourth-order valence-corrected chi connectivity index (χ4v) is 2.12. The zero-order valence-electron chi connectivity index (χ0n) is 11.4. The predicted octanol–water partition coefficient (Wildman–Crippen LogP) is 3.19. The normalized spacial score (nSPS) is 11.1. The van der Waals surface area contributed by atoms with Crippen LogP contribution in [0.25, 0.3) is 11.4 Å². The second-order valence-corrected chi connectivity index (χ2v) is 4.89. The zero-order chi connectivity index (χ0) is 14.7. The molecule has 0 fully saturated rings. The van der Waals surface area contributed by atoms with Gasteiger partial charge in [0.05, 0.1) is 6.21 Å². The molecule has 0 unspecified atom stereocenters. The molecule has 0 spiro atoms. The third-order valence-electron chi connectivity index (χ3n) is 3.09. The molecule has 2 aromatic heterocycles. The molecule has 6 heteroatoms. The Kier molecular flexibility index (Phi) is 3.70. The molecule has 0 saturated heterocycles. The highest BCUT2D eigenvalue weighted by Gasteiger charge is 2.07. The Morgan fingerprint density at radius 3 is 2.71 bits per heavy atom. The van der Waals surface area contributed by atoms with E-state index < -0.39 is 0 Å². The Bertz CT molecular complexity index is 833. The number of hydrogen-bond donors (Lipinski definition) is 1. The van der Waals surface area contributed by atoms with Gasteiger partial charge in [-0.25, -0.2) is 5.10 Å². The van der Waals surface area contributed by atoms with Crippen LogP contribution >= 0.6 is 12.2 Å². The maximum atomic E-state index is 5.24. The van der Waals surface area contributed by atoms with Gasteiger partial charge < -0.3 is 0 Å². The van der Waals surface area contributed by atoms with Gasteiger partial charge in [-0.15, -0.1) is 0 Å². The molecule has 1 aromatic carbocycles. The lowest BCUT2D eigenvalue weighted by Gasteiger charge is -2.01. The molecule has 21 heavy (non-hydrogen) atoms. The summed E-state index contributed by atoms with van der Waals surface area (Å²) in [4.78, 5) is 4.00. The molecule has 0 aliphatic rings. The van der Waals surface area contributed by atoms with E-state index in [1.54, 1.807) is 23.3 Å². The molecule has 5 nitrogen and oxygen atoms in total. The minimum atomic E-state index is 0.451. The summed E-state index contributed by atoms with van der Waals surface area (Å²) in [5.74, 6) is 0.659. The number of aryl methyl sites for hydroxylation is 1. The van der Waals surface area contributed by atoms with Crippen molar-refractivity contribution in [3.05, 3.63) is 64.7 Å². The van der Waals surface area contributed by atoms with E-state index in [1.807, 2.05) is 43.3 Å².